The Morgan fingerprint density at radius 2 is 1.96 bits per heavy atom. The summed E-state index contributed by atoms with van der Waals surface area (Å²) in [7, 11) is 0. The van der Waals surface area contributed by atoms with Gasteiger partial charge in [-0.15, -0.1) is 11.3 Å². The molecule has 1 aromatic carbocycles. The van der Waals surface area contributed by atoms with Gasteiger partial charge in [-0.25, -0.2) is 4.98 Å². The van der Waals surface area contributed by atoms with E-state index < -0.39 is 0 Å². The van der Waals surface area contributed by atoms with Crippen LogP contribution in [0, 0.1) is 13.8 Å². The van der Waals surface area contributed by atoms with Crippen LogP contribution in [0.2, 0.25) is 0 Å². The van der Waals surface area contributed by atoms with Gasteiger partial charge in [-0.1, -0.05) is 31.2 Å². The number of aromatic nitrogens is 2. The van der Waals surface area contributed by atoms with Crippen LogP contribution >= 0.6 is 11.3 Å². The van der Waals surface area contributed by atoms with E-state index in [1.807, 2.05) is 17.4 Å². The first-order valence-corrected chi connectivity index (χ1v) is 8.67. The summed E-state index contributed by atoms with van der Waals surface area (Å²) in [6, 6.07) is 12.7. The summed E-state index contributed by atoms with van der Waals surface area (Å²) in [4.78, 5) is 7.57. The lowest BCUT2D eigenvalue weighted by atomic mass is 10.1. The van der Waals surface area contributed by atoms with Crippen molar-refractivity contribution in [3.8, 4) is 11.3 Å². The third kappa shape index (κ3) is 2.05. The minimum Gasteiger partial charge on any atom is -0.383 e. The minimum atomic E-state index is 0.729. The number of thiophene rings is 1. The van der Waals surface area contributed by atoms with Crippen LogP contribution in [0.15, 0.2) is 36.4 Å². The molecule has 0 aliphatic rings. The molecule has 116 valence electrons. The van der Waals surface area contributed by atoms with Crippen LogP contribution in [-0.4, -0.2) is 9.38 Å². The molecule has 0 saturated heterocycles. The van der Waals surface area contributed by atoms with Crippen molar-refractivity contribution in [3.63, 3.8) is 0 Å². The number of aryl methyl sites for hydroxylation is 3. The topological polar surface area (TPSA) is 43.3 Å². The average molecular weight is 321 g/mol. The lowest BCUT2D eigenvalue weighted by molar-refractivity contribution is 1.12. The van der Waals surface area contributed by atoms with Crippen molar-refractivity contribution in [2.45, 2.75) is 27.2 Å². The van der Waals surface area contributed by atoms with Crippen molar-refractivity contribution >= 4 is 33.6 Å². The number of benzene rings is 1. The zero-order valence-corrected chi connectivity index (χ0v) is 14.4. The van der Waals surface area contributed by atoms with Gasteiger partial charge >= 0.3 is 0 Å². The maximum absolute atomic E-state index is 6.49. The van der Waals surface area contributed by atoms with Gasteiger partial charge in [0.1, 0.15) is 17.2 Å². The lowest BCUT2D eigenvalue weighted by Gasteiger charge is -2.06. The highest BCUT2D eigenvalue weighted by Gasteiger charge is 2.18. The van der Waals surface area contributed by atoms with Crippen LogP contribution in [-0.2, 0) is 6.42 Å². The number of nitrogens with zero attached hydrogens (tertiary/aromatic N) is 2. The summed E-state index contributed by atoms with van der Waals surface area (Å²) >= 11 is 1.83. The molecule has 23 heavy (non-hydrogen) atoms. The molecule has 4 heteroatoms. The highest BCUT2D eigenvalue weighted by molar-refractivity contribution is 7.12. The number of pyridine rings is 1. The van der Waals surface area contributed by atoms with E-state index in [1.54, 1.807) is 0 Å². The molecule has 2 N–H and O–H groups in total. The number of rotatable bonds is 2. The Kier molecular flexibility index (Phi) is 3.16. The van der Waals surface area contributed by atoms with Crippen LogP contribution in [0.4, 0.5) is 5.82 Å². The molecule has 3 nitrogen and oxygen atoms in total. The lowest BCUT2D eigenvalue weighted by Crippen LogP contribution is -1.98. The van der Waals surface area contributed by atoms with Crippen LogP contribution in [0.1, 0.15) is 22.4 Å². The van der Waals surface area contributed by atoms with Crippen LogP contribution < -0.4 is 5.73 Å². The molecule has 0 unspecified atom stereocenters. The Morgan fingerprint density at radius 1 is 1.17 bits per heavy atom. The van der Waals surface area contributed by atoms with Crippen LogP contribution in [0.5, 0.6) is 0 Å². The van der Waals surface area contributed by atoms with Gasteiger partial charge in [0.05, 0.1) is 0 Å². The number of hydrogen-bond donors (Lipinski definition) is 1. The molecule has 0 amide bonds. The Bertz CT molecular complexity index is 1040. The van der Waals surface area contributed by atoms with Gasteiger partial charge in [0.2, 0.25) is 0 Å². The normalized spacial score (nSPS) is 11.6. The van der Waals surface area contributed by atoms with Crippen molar-refractivity contribution in [2.75, 3.05) is 5.73 Å². The van der Waals surface area contributed by atoms with E-state index in [9.17, 15) is 0 Å². The first-order chi connectivity index (χ1) is 11.1. The number of imidazole rings is 1. The molecule has 3 aromatic heterocycles. The summed E-state index contributed by atoms with van der Waals surface area (Å²) in [6.07, 6.45) is 1.04. The van der Waals surface area contributed by atoms with E-state index in [2.05, 4.69) is 55.5 Å². The monoisotopic (exact) mass is 321 g/mol. The smallest absolute Gasteiger partial charge is 0.147 e. The third-order valence-electron chi connectivity index (χ3n) is 4.40. The van der Waals surface area contributed by atoms with Gasteiger partial charge in [-0.2, -0.15) is 0 Å². The Labute approximate surface area is 139 Å². The molecule has 4 rings (SSSR count). The van der Waals surface area contributed by atoms with Gasteiger partial charge < -0.3 is 5.73 Å². The number of nitrogen functional groups attached to an aromatic ring is 1. The zero-order valence-electron chi connectivity index (χ0n) is 13.6. The molecular formula is C19H19N3S. The predicted molar refractivity (Wildman–Crippen MR) is 99.3 cm³/mol. The molecule has 0 atom stereocenters. The molecule has 0 bridgehead atoms. The maximum Gasteiger partial charge on any atom is 0.147 e. The molecule has 4 aromatic rings. The van der Waals surface area contributed by atoms with Gasteiger partial charge in [0.15, 0.2) is 0 Å². The average Bonchev–Trinajstić information content (AvgIpc) is 3.08. The molecule has 0 spiro atoms. The van der Waals surface area contributed by atoms with Gasteiger partial charge in [-0.3, -0.25) is 4.40 Å². The Balaban J connectivity index is 2.09. The Morgan fingerprint density at radius 3 is 2.70 bits per heavy atom. The molecule has 0 aliphatic heterocycles. The highest BCUT2D eigenvalue weighted by Crippen LogP contribution is 2.36. The van der Waals surface area contributed by atoms with Crippen molar-refractivity contribution in [1.29, 1.82) is 0 Å². The fourth-order valence-corrected chi connectivity index (χ4v) is 4.22. The fourth-order valence-electron chi connectivity index (χ4n) is 3.24. The molecule has 3 heterocycles. The number of anilines is 1. The highest BCUT2D eigenvalue weighted by atomic mass is 32.1. The summed E-state index contributed by atoms with van der Waals surface area (Å²) in [5.41, 5.74) is 10.6. The van der Waals surface area contributed by atoms with E-state index >= 15 is 0 Å². The largest absolute Gasteiger partial charge is 0.383 e. The Hall–Kier alpha value is -2.33. The van der Waals surface area contributed by atoms with E-state index in [0.717, 1.165) is 40.2 Å². The summed E-state index contributed by atoms with van der Waals surface area (Å²) < 4.78 is 2.07. The minimum absolute atomic E-state index is 0.729. The molecule has 0 fully saturated rings. The first-order valence-electron chi connectivity index (χ1n) is 7.86. The van der Waals surface area contributed by atoms with Crippen LogP contribution in [0.3, 0.4) is 0 Å². The number of nitrogens with two attached hydrogens (primary N) is 1. The van der Waals surface area contributed by atoms with E-state index in [-0.39, 0.29) is 0 Å². The van der Waals surface area contributed by atoms with Gasteiger partial charge in [0, 0.05) is 26.4 Å². The van der Waals surface area contributed by atoms with Crippen molar-refractivity contribution in [1.82, 2.24) is 9.38 Å². The predicted octanol–water partition coefficient (Wildman–Crippen LogP) is 4.98. The second-order valence-corrected chi connectivity index (χ2v) is 7.25. The zero-order chi connectivity index (χ0) is 16.1. The number of hydrogen-bond acceptors (Lipinski definition) is 3. The van der Waals surface area contributed by atoms with Crippen molar-refractivity contribution in [3.05, 3.63) is 51.8 Å². The summed E-state index contributed by atoms with van der Waals surface area (Å²) in [5, 5.41) is 2.34. The van der Waals surface area contributed by atoms with Gasteiger partial charge in [0.25, 0.3) is 0 Å². The molecule has 0 aliphatic carbocycles. The summed E-state index contributed by atoms with van der Waals surface area (Å²) in [5.74, 6) is 0.729. The standard InChI is InChI=1S/C19H19N3S/c1-4-14-10-16(12(3)23-14)17-18(20)22-11(2)9-13-7-5-6-8-15(13)19(22)21-17/h5-10H,4,20H2,1-3H3. The second kappa shape index (κ2) is 5.10. The SMILES string of the molecule is CCc1cc(-c2nc3c4ccccc4cc(C)n3c2N)c(C)s1. The number of fused-ring (bicyclic) bond motifs is 3. The van der Waals surface area contributed by atoms with Gasteiger partial charge in [-0.05, 0) is 37.8 Å². The van der Waals surface area contributed by atoms with E-state index in [4.69, 9.17) is 10.7 Å². The fraction of sp³-hybridized carbons (Fsp3) is 0.211. The van der Waals surface area contributed by atoms with Crippen molar-refractivity contribution in [2.24, 2.45) is 0 Å². The van der Waals surface area contributed by atoms with E-state index in [0.29, 0.717) is 0 Å². The van der Waals surface area contributed by atoms with E-state index in [1.165, 1.54) is 15.1 Å². The van der Waals surface area contributed by atoms with Crippen molar-refractivity contribution < 1.29 is 0 Å². The summed E-state index contributed by atoms with van der Waals surface area (Å²) in [6.45, 7) is 6.41. The quantitative estimate of drug-likeness (QED) is 0.566. The van der Waals surface area contributed by atoms with Crippen LogP contribution in [0.25, 0.3) is 27.7 Å². The molecule has 0 radical (unpaired) electrons. The maximum atomic E-state index is 6.49. The second-order valence-electron chi connectivity index (χ2n) is 5.91. The molecular weight excluding hydrogens is 302 g/mol. The first kappa shape index (κ1) is 14.3. The third-order valence-corrected chi connectivity index (χ3v) is 5.60. The molecule has 0 saturated carbocycles.